The van der Waals surface area contributed by atoms with Crippen LogP contribution in [0.4, 0.5) is 4.79 Å². The van der Waals surface area contributed by atoms with Crippen LogP contribution in [-0.4, -0.2) is 57.7 Å². The van der Waals surface area contributed by atoms with Gasteiger partial charge in [0, 0.05) is 25.0 Å². The smallest absolute Gasteiger partial charge is 0.337 e. The number of hydrogen-bond donors (Lipinski definition) is 5. The summed E-state index contributed by atoms with van der Waals surface area (Å²) in [6.45, 7) is 3.89. The molecule has 2 aromatic heterocycles. The summed E-state index contributed by atoms with van der Waals surface area (Å²) in [5, 5.41) is 20.7. The number of nitrogens with zero attached hydrogens (tertiary/aromatic N) is 3. The molecule has 48 heavy (non-hydrogen) atoms. The van der Waals surface area contributed by atoms with E-state index in [1.54, 1.807) is 44.7 Å². The average molecular weight is 693 g/mol. The zero-order chi connectivity index (χ0) is 35.0. The quantitative estimate of drug-likeness (QED) is 0.136. The number of imidazole rings is 1. The number of fused-ring (bicyclic) bond motifs is 1. The number of carbonyl (C=O) groups is 3. The van der Waals surface area contributed by atoms with Crippen LogP contribution in [0, 0.1) is 6.92 Å². The molecule has 0 spiro atoms. The number of aryl methyl sites for hydroxylation is 1. The molecule has 0 radical (unpaired) electrons. The van der Waals surface area contributed by atoms with Gasteiger partial charge in [0.25, 0.3) is 10.0 Å². The normalized spacial score (nSPS) is 11.0. The predicted molar refractivity (Wildman–Crippen MR) is 180 cm³/mol. The molecule has 0 aliphatic heterocycles. The van der Waals surface area contributed by atoms with Gasteiger partial charge in [-0.05, 0) is 78.4 Å². The Balaban J connectivity index is 0.000000274. The van der Waals surface area contributed by atoms with Crippen molar-refractivity contribution >= 4 is 50.6 Å². The Labute approximate surface area is 281 Å². The number of benzene rings is 3. The molecule has 0 saturated carbocycles. The fraction of sp³-hybridized carbons (Fsp3) is 0.182. The minimum atomic E-state index is -3.94. The van der Waals surface area contributed by atoms with Crippen molar-refractivity contribution in [3.63, 3.8) is 0 Å². The topological polar surface area (TPSA) is 207 Å². The summed E-state index contributed by atoms with van der Waals surface area (Å²) >= 11 is 5.81. The molecule has 2 heterocycles. The first-order valence-electron chi connectivity index (χ1n) is 14.6. The van der Waals surface area contributed by atoms with Crippen LogP contribution in [-0.2, 0) is 29.4 Å². The van der Waals surface area contributed by atoms with Crippen LogP contribution in [0.5, 0.6) is 0 Å². The van der Waals surface area contributed by atoms with Crippen molar-refractivity contribution in [2.24, 2.45) is 5.73 Å². The van der Waals surface area contributed by atoms with Gasteiger partial charge in [-0.2, -0.15) is 0 Å². The molecule has 5 rings (SSSR count). The number of amides is 2. The summed E-state index contributed by atoms with van der Waals surface area (Å²) in [6.07, 6.45) is 6.04. The van der Waals surface area contributed by atoms with Crippen molar-refractivity contribution in [1.29, 1.82) is 0 Å². The lowest BCUT2D eigenvalue weighted by Gasteiger charge is -2.12. The molecule has 3 aromatic carbocycles. The van der Waals surface area contributed by atoms with E-state index in [9.17, 15) is 22.8 Å². The number of carboxylic acids is 2. The van der Waals surface area contributed by atoms with E-state index in [0.29, 0.717) is 24.9 Å². The summed E-state index contributed by atoms with van der Waals surface area (Å²) in [6, 6.07) is 16.4. The van der Waals surface area contributed by atoms with Gasteiger partial charge in [-0.1, -0.05) is 42.8 Å². The fourth-order valence-corrected chi connectivity index (χ4v) is 6.25. The zero-order valence-electron chi connectivity index (χ0n) is 26.0. The van der Waals surface area contributed by atoms with Gasteiger partial charge < -0.3 is 21.3 Å². The molecule has 15 heteroatoms. The molecule has 13 nitrogen and oxygen atoms in total. The predicted octanol–water partition coefficient (Wildman–Crippen LogP) is 4.72. The van der Waals surface area contributed by atoms with Crippen LogP contribution in [0.15, 0.2) is 84.3 Å². The number of aromatic carboxylic acids is 2. The highest BCUT2D eigenvalue weighted by atomic mass is 35.5. The number of urea groups is 1. The Morgan fingerprint density at radius 1 is 0.958 bits per heavy atom. The fourth-order valence-electron chi connectivity index (χ4n) is 4.96. The van der Waals surface area contributed by atoms with Crippen LogP contribution < -0.4 is 15.8 Å². The molecule has 250 valence electrons. The first-order chi connectivity index (χ1) is 22.9. The van der Waals surface area contributed by atoms with Crippen molar-refractivity contribution in [3.8, 4) is 5.69 Å². The van der Waals surface area contributed by atoms with Crippen LogP contribution in [0.3, 0.4) is 0 Å². The maximum Gasteiger partial charge on any atom is 0.337 e. The van der Waals surface area contributed by atoms with Gasteiger partial charge in [0.1, 0.15) is 11.8 Å². The largest absolute Gasteiger partial charge is 0.478 e. The van der Waals surface area contributed by atoms with Crippen LogP contribution in [0.1, 0.15) is 49.9 Å². The summed E-state index contributed by atoms with van der Waals surface area (Å²) in [7, 11) is -3.94. The standard InChI is InChI=1S/C22H22N6O3S.C11H11ClO4/c23-13-17-3-7-19(8-4-17)32(30,31)27-22(29)25-12-9-16-1-5-18(6-2-16)28-15-26-20-14-24-11-10-21(20)28;1-3-6-8(10(13)14)5(2)4-7(12)9(6)11(15)16/h1-8,10-11,14-15H,9,12-13,23H2,(H2,25,27,29);4H,3H2,1-2H3,(H,13,14)(H,15,16). The third-order valence-corrected chi connectivity index (χ3v) is 8.97. The Morgan fingerprint density at radius 3 is 2.21 bits per heavy atom. The minimum absolute atomic E-state index is 0.00301. The van der Waals surface area contributed by atoms with E-state index < -0.39 is 28.0 Å². The maximum absolute atomic E-state index is 12.3. The number of carbonyl (C=O) groups excluding carboxylic acids is 1. The molecule has 0 aliphatic carbocycles. The van der Waals surface area contributed by atoms with E-state index in [2.05, 4.69) is 15.3 Å². The lowest BCUT2D eigenvalue weighted by Crippen LogP contribution is -2.40. The van der Waals surface area contributed by atoms with E-state index in [0.717, 1.165) is 27.8 Å². The van der Waals surface area contributed by atoms with Gasteiger partial charge in [0.05, 0.1) is 32.8 Å². The third-order valence-electron chi connectivity index (χ3n) is 7.32. The Hall–Kier alpha value is -5.31. The monoisotopic (exact) mass is 692 g/mol. The summed E-state index contributed by atoms with van der Waals surface area (Å²) in [5.41, 5.74) is 10.7. The van der Waals surface area contributed by atoms with Crippen molar-refractivity contribution in [3.05, 3.63) is 118 Å². The van der Waals surface area contributed by atoms with E-state index in [4.69, 9.17) is 27.5 Å². The first kappa shape index (κ1) is 35.5. The highest BCUT2D eigenvalue weighted by Gasteiger charge is 2.23. The van der Waals surface area contributed by atoms with Crippen molar-refractivity contribution < 1.29 is 33.0 Å². The van der Waals surface area contributed by atoms with Gasteiger partial charge in [-0.15, -0.1) is 0 Å². The SMILES string of the molecule is CCc1c(C(=O)O)c(C)cc(Cl)c1C(=O)O.NCc1ccc(S(=O)(=O)NC(=O)NCCc2ccc(-n3cnc4cnccc43)cc2)cc1. The number of sulfonamides is 1. The third kappa shape index (κ3) is 8.34. The first-order valence-corrected chi connectivity index (χ1v) is 16.5. The molecule has 5 aromatic rings. The number of nitrogens with one attached hydrogen (secondary N) is 2. The van der Waals surface area contributed by atoms with Crippen LogP contribution >= 0.6 is 11.6 Å². The van der Waals surface area contributed by atoms with E-state index in [-0.39, 0.29) is 33.2 Å². The Bertz CT molecular complexity index is 2030. The van der Waals surface area contributed by atoms with Gasteiger partial charge >= 0.3 is 18.0 Å². The summed E-state index contributed by atoms with van der Waals surface area (Å²) in [4.78, 5) is 42.5. The molecule has 2 amide bonds. The average Bonchev–Trinajstić information content (AvgIpc) is 3.48. The van der Waals surface area contributed by atoms with Crippen molar-refractivity contribution in [2.45, 2.75) is 38.1 Å². The molecule has 0 atom stereocenters. The van der Waals surface area contributed by atoms with Gasteiger partial charge in [0.2, 0.25) is 0 Å². The summed E-state index contributed by atoms with van der Waals surface area (Å²) in [5.74, 6) is -2.34. The molecular formula is C33H33ClN6O7S. The molecule has 0 bridgehead atoms. The number of pyridine rings is 1. The second kappa shape index (κ2) is 15.5. The minimum Gasteiger partial charge on any atom is -0.478 e. The van der Waals surface area contributed by atoms with E-state index >= 15 is 0 Å². The van der Waals surface area contributed by atoms with Crippen LogP contribution in [0.2, 0.25) is 5.02 Å². The number of carboxylic acid groups (broad SMARTS) is 2. The number of aromatic nitrogens is 3. The highest BCUT2D eigenvalue weighted by molar-refractivity contribution is 7.90. The number of rotatable bonds is 10. The van der Waals surface area contributed by atoms with Crippen LogP contribution in [0.25, 0.3) is 16.7 Å². The number of halogens is 1. The van der Waals surface area contributed by atoms with Crippen molar-refractivity contribution in [1.82, 2.24) is 24.6 Å². The van der Waals surface area contributed by atoms with Gasteiger partial charge in [0.15, 0.2) is 0 Å². The van der Waals surface area contributed by atoms with Gasteiger partial charge in [-0.25, -0.2) is 32.5 Å². The maximum atomic E-state index is 12.3. The molecule has 0 fully saturated rings. The number of hydrogen-bond acceptors (Lipinski definition) is 8. The lowest BCUT2D eigenvalue weighted by molar-refractivity contribution is 0.0694. The molecular weight excluding hydrogens is 660 g/mol. The summed E-state index contributed by atoms with van der Waals surface area (Å²) < 4.78 is 28.6. The molecule has 0 unspecified atom stereocenters. The highest BCUT2D eigenvalue weighted by Crippen LogP contribution is 2.27. The van der Waals surface area contributed by atoms with Gasteiger partial charge in [-0.3, -0.25) is 9.55 Å². The second-order valence-electron chi connectivity index (χ2n) is 10.5. The number of nitrogens with two attached hydrogens (primary N) is 1. The van der Waals surface area contributed by atoms with Crippen molar-refractivity contribution in [2.75, 3.05) is 6.54 Å². The molecule has 6 N–H and O–H groups in total. The van der Waals surface area contributed by atoms with E-state index in [1.807, 2.05) is 39.6 Å². The second-order valence-corrected chi connectivity index (χ2v) is 12.6. The van der Waals surface area contributed by atoms with E-state index in [1.165, 1.54) is 18.2 Å². The lowest BCUT2D eigenvalue weighted by atomic mass is 9.94. The zero-order valence-corrected chi connectivity index (χ0v) is 27.5. The molecule has 0 aliphatic rings. The molecule has 0 saturated heterocycles. The Morgan fingerprint density at radius 2 is 1.60 bits per heavy atom. The Kier molecular flexibility index (Phi) is 11.5.